The summed E-state index contributed by atoms with van der Waals surface area (Å²) in [5.74, 6) is 2.46. The average molecular weight is 373 g/mol. The van der Waals surface area contributed by atoms with E-state index >= 15 is 0 Å². The summed E-state index contributed by atoms with van der Waals surface area (Å²) >= 11 is 3.74. The predicted molar refractivity (Wildman–Crippen MR) is 118 cm³/mol. The van der Waals surface area contributed by atoms with Crippen molar-refractivity contribution in [2.75, 3.05) is 31.1 Å². The van der Waals surface area contributed by atoms with Crippen LogP contribution in [0.5, 0.6) is 0 Å². The molecule has 134 valence electrons. The van der Waals surface area contributed by atoms with Crippen molar-refractivity contribution in [1.29, 1.82) is 5.41 Å². The van der Waals surface area contributed by atoms with E-state index in [9.17, 15) is 0 Å². The van der Waals surface area contributed by atoms with Crippen LogP contribution in [-0.2, 0) is 0 Å². The zero-order chi connectivity index (χ0) is 18.2. The SMILES string of the molecule is C=C(S/C(C)=C\C)c1ccc(C(C)=N)c(/C=C/CN2CCSCC2)c1. The van der Waals surface area contributed by atoms with Gasteiger partial charge in [-0.15, -0.1) is 0 Å². The lowest BCUT2D eigenvalue weighted by atomic mass is 10.00. The van der Waals surface area contributed by atoms with E-state index < -0.39 is 0 Å². The number of hydrogen-bond donors (Lipinski definition) is 1. The van der Waals surface area contributed by atoms with Crippen LogP contribution >= 0.6 is 23.5 Å². The van der Waals surface area contributed by atoms with E-state index in [0.29, 0.717) is 5.71 Å². The zero-order valence-electron chi connectivity index (χ0n) is 15.5. The second kappa shape index (κ2) is 10.0. The van der Waals surface area contributed by atoms with E-state index in [-0.39, 0.29) is 0 Å². The molecule has 25 heavy (non-hydrogen) atoms. The third kappa shape index (κ3) is 6.21. The molecule has 1 aliphatic heterocycles. The number of allylic oxidation sites excluding steroid dienone is 2. The smallest absolute Gasteiger partial charge is 0.0361 e. The Balaban J connectivity index is 2.16. The van der Waals surface area contributed by atoms with E-state index in [2.05, 4.69) is 48.8 Å². The van der Waals surface area contributed by atoms with Crippen LogP contribution < -0.4 is 0 Å². The quantitative estimate of drug-likeness (QED) is 0.616. The fourth-order valence-electron chi connectivity index (χ4n) is 2.64. The summed E-state index contributed by atoms with van der Waals surface area (Å²) in [6, 6.07) is 6.28. The van der Waals surface area contributed by atoms with Gasteiger partial charge in [-0.2, -0.15) is 11.8 Å². The van der Waals surface area contributed by atoms with Gasteiger partial charge in [-0.3, -0.25) is 4.90 Å². The van der Waals surface area contributed by atoms with E-state index in [4.69, 9.17) is 5.41 Å². The lowest BCUT2D eigenvalue weighted by Gasteiger charge is -2.24. The normalized spacial score (nSPS) is 16.4. The van der Waals surface area contributed by atoms with Gasteiger partial charge in [-0.1, -0.05) is 48.7 Å². The average Bonchev–Trinajstić information content (AvgIpc) is 2.62. The topological polar surface area (TPSA) is 27.1 Å². The molecule has 1 saturated heterocycles. The molecule has 0 spiro atoms. The summed E-state index contributed by atoms with van der Waals surface area (Å²) in [7, 11) is 0. The van der Waals surface area contributed by atoms with Gasteiger partial charge in [0.1, 0.15) is 0 Å². The van der Waals surface area contributed by atoms with Gasteiger partial charge in [0, 0.05) is 47.3 Å². The van der Waals surface area contributed by atoms with E-state index in [1.165, 1.54) is 29.5 Å². The molecule has 1 aromatic rings. The molecular weight excluding hydrogens is 344 g/mol. The van der Waals surface area contributed by atoms with Gasteiger partial charge in [-0.25, -0.2) is 0 Å². The van der Waals surface area contributed by atoms with Gasteiger partial charge >= 0.3 is 0 Å². The standard InChI is InChI=1S/C21H28N2S2/c1-5-16(2)25-18(4)19-8-9-21(17(3)22)20(15-19)7-6-10-23-11-13-24-14-12-23/h5-9,15,22H,4,10-14H2,1-3H3/b7-6+,16-5-,22-17?. The molecule has 0 radical (unpaired) electrons. The van der Waals surface area contributed by atoms with Crippen molar-refractivity contribution in [3.05, 3.63) is 58.5 Å². The van der Waals surface area contributed by atoms with Crippen molar-refractivity contribution in [1.82, 2.24) is 4.90 Å². The minimum Gasteiger partial charge on any atom is -0.305 e. The molecule has 0 unspecified atom stereocenters. The minimum absolute atomic E-state index is 0.600. The highest BCUT2D eigenvalue weighted by Crippen LogP contribution is 2.32. The number of rotatable bonds is 7. The first-order valence-corrected chi connectivity index (χ1v) is 10.6. The van der Waals surface area contributed by atoms with Crippen LogP contribution in [0.25, 0.3) is 11.0 Å². The zero-order valence-corrected chi connectivity index (χ0v) is 17.1. The Kier molecular flexibility index (Phi) is 8.07. The maximum absolute atomic E-state index is 8.04. The van der Waals surface area contributed by atoms with E-state index in [1.54, 1.807) is 11.8 Å². The Labute approximate surface area is 161 Å². The first-order valence-electron chi connectivity index (χ1n) is 8.67. The summed E-state index contributed by atoms with van der Waals surface area (Å²) in [4.78, 5) is 4.78. The second-order valence-corrected chi connectivity index (χ2v) is 8.73. The molecule has 0 bridgehead atoms. The first-order chi connectivity index (χ1) is 12.0. The molecule has 1 N–H and O–H groups in total. The monoisotopic (exact) mass is 372 g/mol. The van der Waals surface area contributed by atoms with Crippen molar-refractivity contribution in [3.8, 4) is 0 Å². The molecule has 2 rings (SSSR count). The Morgan fingerprint density at radius 3 is 2.68 bits per heavy atom. The highest BCUT2D eigenvalue weighted by atomic mass is 32.2. The van der Waals surface area contributed by atoms with Crippen molar-refractivity contribution >= 4 is 40.2 Å². The fraction of sp³-hybridized carbons (Fsp3) is 0.381. The lowest BCUT2D eigenvalue weighted by molar-refractivity contribution is 0.336. The molecular formula is C21H28N2S2. The van der Waals surface area contributed by atoms with Crippen LogP contribution in [0.1, 0.15) is 37.5 Å². The second-order valence-electron chi connectivity index (χ2n) is 6.17. The molecule has 0 aromatic heterocycles. The molecule has 0 aliphatic carbocycles. The molecule has 1 aromatic carbocycles. The van der Waals surface area contributed by atoms with Crippen molar-refractivity contribution in [3.63, 3.8) is 0 Å². The number of hydrogen-bond acceptors (Lipinski definition) is 4. The Bertz CT molecular complexity index is 683. The first kappa shape index (κ1) is 20.1. The van der Waals surface area contributed by atoms with Gasteiger partial charge < -0.3 is 5.41 Å². The highest BCUT2D eigenvalue weighted by Gasteiger charge is 2.09. The van der Waals surface area contributed by atoms with Crippen molar-refractivity contribution in [2.24, 2.45) is 0 Å². The maximum Gasteiger partial charge on any atom is 0.0361 e. The van der Waals surface area contributed by atoms with Crippen molar-refractivity contribution < 1.29 is 0 Å². The Hall–Kier alpha value is -1.23. The fourth-order valence-corrected chi connectivity index (χ4v) is 4.37. The molecule has 1 fully saturated rings. The lowest BCUT2D eigenvalue weighted by Crippen LogP contribution is -2.32. The molecule has 1 heterocycles. The van der Waals surface area contributed by atoms with Gasteiger partial charge in [0.2, 0.25) is 0 Å². The van der Waals surface area contributed by atoms with Crippen LogP contribution in [0.15, 0.2) is 41.8 Å². The number of nitrogens with one attached hydrogen (secondary N) is 1. The number of nitrogens with zero attached hydrogens (tertiary/aromatic N) is 1. The van der Waals surface area contributed by atoms with Gasteiger partial charge in [0.15, 0.2) is 0 Å². The third-order valence-corrected chi connectivity index (χ3v) is 6.22. The summed E-state index contributed by atoms with van der Waals surface area (Å²) in [6.45, 7) is 13.5. The predicted octanol–water partition coefficient (Wildman–Crippen LogP) is 5.76. The number of thioether (sulfide) groups is 2. The van der Waals surface area contributed by atoms with Crippen molar-refractivity contribution in [2.45, 2.75) is 20.8 Å². The Morgan fingerprint density at radius 2 is 2.04 bits per heavy atom. The van der Waals surface area contributed by atoms with E-state index in [1.807, 2.05) is 31.7 Å². The third-order valence-electron chi connectivity index (χ3n) is 4.23. The summed E-state index contributed by atoms with van der Waals surface area (Å²) in [5, 5.41) is 8.04. The largest absolute Gasteiger partial charge is 0.305 e. The van der Waals surface area contributed by atoms with Gasteiger partial charge in [-0.05, 0) is 42.9 Å². The van der Waals surface area contributed by atoms with E-state index in [0.717, 1.165) is 28.1 Å². The minimum atomic E-state index is 0.600. The van der Waals surface area contributed by atoms with Crippen LogP contribution in [0.3, 0.4) is 0 Å². The summed E-state index contributed by atoms with van der Waals surface area (Å²) in [5.41, 5.74) is 3.83. The highest BCUT2D eigenvalue weighted by molar-refractivity contribution is 8.11. The van der Waals surface area contributed by atoms with Crippen LogP contribution in [0, 0.1) is 5.41 Å². The maximum atomic E-state index is 8.04. The number of benzene rings is 1. The molecule has 1 aliphatic rings. The molecule has 4 heteroatoms. The molecule has 2 nitrogen and oxygen atoms in total. The van der Waals surface area contributed by atoms with Crippen LogP contribution in [0.4, 0.5) is 0 Å². The van der Waals surface area contributed by atoms with Crippen LogP contribution in [0.2, 0.25) is 0 Å². The molecule has 0 amide bonds. The summed E-state index contributed by atoms with van der Waals surface area (Å²) < 4.78 is 0. The van der Waals surface area contributed by atoms with Gasteiger partial charge in [0.25, 0.3) is 0 Å². The summed E-state index contributed by atoms with van der Waals surface area (Å²) in [6.07, 6.45) is 6.50. The molecule has 0 atom stereocenters. The molecule has 0 saturated carbocycles. The van der Waals surface area contributed by atoms with Gasteiger partial charge in [0.05, 0.1) is 0 Å². The van der Waals surface area contributed by atoms with Crippen LogP contribution in [-0.4, -0.2) is 41.8 Å². The Morgan fingerprint density at radius 1 is 1.32 bits per heavy atom.